The molecule has 2 bridgehead atoms. The minimum atomic E-state index is -0.0154. The molecule has 0 radical (unpaired) electrons. The maximum absolute atomic E-state index is 12.9. The maximum Gasteiger partial charge on any atom is 0.255 e. The van der Waals surface area contributed by atoms with E-state index in [4.69, 9.17) is 19.4 Å². The van der Waals surface area contributed by atoms with Gasteiger partial charge >= 0.3 is 0 Å². The van der Waals surface area contributed by atoms with Gasteiger partial charge in [-0.15, -0.1) is 15.3 Å². The molecule has 182 valence electrons. The second-order valence-electron chi connectivity index (χ2n) is 9.40. The Kier molecular flexibility index (Phi) is 4.84. The van der Waals surface area contributed by atoms with Gasteiger partial charge in [0.05, 0.1) is 30.0 Å². The predicted octanol–water partition coefficient (Wildman–Crippen LogP) is 2.38. The van der Waals surface area contributed by atoms with Gasteiger partial charge in [0.25, 0.3) is 5.91 Å². The normalized spacial score (nSPS) is 22.9. The zero-order valence-electron chi connectivity index (χ0n) is 19.6. The highest BCUT2D eigenvalue weighted by Gasteiger charge is 2.41. The summed E-state index contributed by atoms with van der Waals surface area (Å²) in [6.07, 6.45) is 3.32. The van der Waals surface area contributed by atoms with E-state index in [-0.39, 0.29) is 30.8 Å². The number of oxime groups is 1. The summed E-state index contributed by atoms with van der Waals surface area (Å²) in [6.45, 7) is 3.41. The highest BCUT2D eigenvalue weighted by Crippen LogP contribution is 2.30. The quantitative estimate of drug-likeness (QED) is 0.423. The van der Waals surface area contributed by atoms with Crippen molar-refractivity contribution in [2.75, 3.05) is 13.2 Å². The van der Waals surface area contributed by atoms with E-state index in [9.17, 15) is 4.79 Å². The largest absolute Gasteiger partial charge is 0.470 e. The Balaban J connectivity index is 1.15. The molecule has 0 spiro atoms. The van der Waals surface area contributed by atoms with Crippen LogP contribution in [0.15, 0.2) is 47.8 Å². The second-order valence-corrected chi connectivity index (χ2v) is 9.40. The molecule has 0 saturated carbocycles. The first-order valence-corrected chi connectivity index (χ1v) is 12.0. The van der Waals surface area contributed by atoms with Crippen LogP contribution in [-0.4, -0.2) is 72.7 Å². The fourth-order valence-corrected chi connectivity index (χ4v) is 5.06. The molecule has 2 fully saturated rings. The Bertz CT molecular complexity index is 1520. The first-order valence-electron chi connectivity index (χ1n) is 12.0. The Morgan fingerprint density at radius 3 is 2.78 bits per heavy atom. The summed E-state index contributed by atoms with van der Waals surface area (Å²) < 4.78 is 13.4. The van der Waals surface area contributed by atoms with Gasteiger partial charge in [0.2, 0.25) is 11.7 Å². The van der Waals surface area contributed by atoms with Gasteiger partial charge in [-0.3, -0.25) is 9.78 Å². The smallest absolute Gasteiger partial charge is 0.255 e. The van der Waals surface area contributed by atoms with Crippen LogP contribution in [0, 0.1) is 0 Å². The van der Waals surface area contributed by atoms with E-state index in [2.05, 4.69) is 20.3 Å². The minimum absolute atomic E-state index is 0.00265. The van der Waals surface area contributed by atoms with Crippen molar-refractivity contribution in [3.8, 4) is 5.88 Å². The van der Waals surface area contributed by atoms with Crippen molar-refractivity contribution >= 4 is 28.0 Å². The van der Waals surface area contributed by atoms with Crippen molar-refractivity contribution in [1.29, 1.82) is 0 Å². The molecule has 7 rings (SSSR count). The summed E-state index contributed by atoms with van der Waals surface area (Å²) in [5, 5.41) is 19.2. The number of pyridine rings is 1. The number of nitrogens with zero attached hydrogens (tertiary/aromatic N) is 7. The lowest BCUT2D eigenvalue weighted by atomic mass is 10.2. The molecule has 3 aromatic heterocycles. The number of rotatable bonds is 5. The summed E-state index contributed by atoms with van der Waals surface area (Å²) in [7, 11) is 0. The zero-order chi connectivity index (χ0) is 24.2. The fourth-order valence-electron chi connectivity index (χ4n) is 5.06. The highest BCUT2D eigenvalue weighted by atomic mass is 16.6. The number of carbonyl (C=O) groups excluding carboxylic acids is 1. The molecule has 3 atom stereocenters. The van der Waals surface area contributed by atoms with E-state index in [1.54, 1.807) is 16.8 Å². The number of ether oxygens (including phenoxy) is 2. The first-order chi connectivity index (χ1) is 17.6. The molecule has 2 saturated heterocycles. The molecular weight excluding hydrogens is 462 g/mol. The van der Waals surface area contributed by atoms with Crippen LogP contribution in [0.1, 0.15) is 41.6 Å². The van der Waals surface area contributed by atoms with Gasteiger partial charge in [-0.2, -0.15) is 4.52 Å². The number of amides is 1. The number of hydrogen-bond acceptors (Lipinski definition) is 9. The third-order valence-corrected chi connectivity index (χ3v) is 6.90. The monoisotopic (exact) mass is 485 g/mol. The summed E-state index contributed by atoms with van der Waals surface area (Å²) in [4.78, 5) is 24.6. The van der Waals surface area contributed by atoms with Gasteiger partial charge in [0, 0.05) is 29.9 Å². The van der Waals surface area contributed by atoms with E-state index in [1.807, 2.05) is 42.2 Å². The third kappa shape index (κ3) is 3.46. The van der Waals surface area contributed by atoms with Crippen molar-refractivity contribution in [3.63, 3.8) is 0 Å². The number of morpholine rings is 1. The molecular formula is C25H23N7O4. The number of aromatic nitrogens is 5. The molecule has 36 heavy (non-hydrogen) atoms. The van der Waals surface area contributed by atoms with Crippen molar-refractivity contribution in [2.24, 2.45) is 5.16 Å². The van der Waals surface area contributed by atoms with Gasteiger partial charge in [-0.1, -0.05) is 23.4 Å². The molecule has 3 unspecified atom stereocenters. The maximum atomic E-state index is 12.9. The van der Waals surface area contributed by atoms with E-state index >= 15 is 0 Å². The molecule has 3 aliphatic rings. The SMILES string of the molecule is CC1CC(c2nnc3c4ccccc4c(OCc4ccc(C(=O)N5CC6CC5CO6)cn4)nn23)=NO1. The lowest BCUT2D eigenvalue weighted by Crippen LogP contribution is -2.41. The van der Waals surface area contributed by atoms with E-state index in [0.29, 0.717) is 53.9 Å². The Labute approximate surface area is 205 Å². The number of benzene rings is 1. The van der Waals surface area contributed by atoms with Crippen LogP contribution in [0.4, 0.5) is 0 Å². The summed E-state index contributed by atoms with van der Waals surface area (Å²) in [6, 6.07) is 11.5. The van der Waals surface area contributed by atoms with E-state index < -0.39 is 0 Å². The minimum Gasteiger partial charge on any atom is -0.470 e. The van der Waals surface area contributed by atoms with Crippen LogP contribution in [-0.2, 0) is 16.2 Å². The molecule has 0 aliphatic carbocycles. The van der Waals surface area contributed by atoms with E-state index in [0.717, 1.165) is 17.2 Å². The number of fused-ring (bicyclic) bond motifs is 5. The van der Waals surface area contributed by atoms with Crippen LogP contribution in [0.5, 0.6) is 5.88 Å². The van der Waals surface area contributed by atoms with E-state index in [1.165, 1.54) is 0 Å². The second kappa shape index (κ2) is 8.23. The van der Waals surface area contributed by atoms with Crippen molar-refractivity contribution in [1.82, 2.24) is 29.7 Å². The highest BCUT2D eigenvalue weighted by molar-refractivity contribution is 6.01. The van der Waals surface area contributed by atoms with Crippen LogP contribution >= 0.6 is 0 Å². The molecule has 1 aromatic carbocycles. The van der Waals surface area contributed by atoms with Gasteiger partial charge in [0.15, 0.2) is 5.65 Å². The molecule has 4 aromatic rings. The van der Waals surface area contributed by atoms with Crippen LogP contribution in [0.3, 0.4) is 0 Å². The summed E-state index contributed by atoms with van der Waals surface area (Å²) >= 11 is 0. The average molecular weight is 486 g/mol. The predicted molar refractivity (Wildman–Crippen MR) is 128 cm³/mol. The summed E-state index contributed by atoms with van der Waals surface area (Å²) in [5.41, 5.74) is 2.58. The zero-order valence-corrected chi connectivity index (χ0v) is 19.6. The lowest BCUT2D eigenvalue weighted by molar-refractivity contribution is 0.0259. The van der Waals surface area contributed by atoms with Gasteiger partial charge < -0.3 is 19.2 Å². The average Bonchev–Trinajstić information content (AvgIpc) is 3.71. The Morgan fingerprint density at radius 2 is 2.06 bits per heavy atom. The summed E-state index contributed by atoms with van der Waals surface area (Å²) in [5.74, 6) is 0.964. The number of carbonyl (C=O) groups is 1. The van der Waals surface area contributed by atoms with Crippen LogP contribution in [0.2, 0.25) is 0 Å². The van der Waals surface area contributed by atoms with Gasteiger partial charge in [-0.05, 0) is 31.5 Å². The number of hydrogen-bond donors (Lipinski definition) is 0. The Morgan fingerprint density at radius 1 is 1.17 bits per heavy atom. The van der Waals surface area contributed by atoms with Crippen molar-refractivity contribution < 1.29 is 19.1 Å². The first kappa shape index (κ1) is 21.2. The fraction of sp³-hybridized carbons (Fsp3) is 0.360. The third-order valence-electron chi connectivity index (χ3n) is 6.90. The lowest BCUT2D eigenvalue weighted by Gasteiger charge is -2.26. The molecule has 11 nitrogen and oxygen atoms in total. The van der Waals surface area contributed by atoms with Crippen LogP contribution < -0.4 is 4.74 Å². The van der Waals surface area contributed by atoms with Crippen molar-refractivity contribution in [3.05, 3.63) is 59.7 Å². The van der Waals surface area contributed by atoms with Gasteiger partial charge in [0.1, 0.15) is 18.4 Å². The van der Waals surface area contributed by atoms with Crippen LogP contribution in [0.25, 0.3) is 16.4 Å². The molecule has 3 aliphatic heterocycles. The topological polar surface area (TPSA) is 116 Å². The molecule has 0 N–H and O–H groups in total. The van der Waals surface area contributed by atoms with Crippen molar-refractivity contribution in [2.45, 2.75) is 44.6 Å². The molecule has 1 amide bonds. The number of likely N-dealkylation sites (tertiary alicyclic amines) is 1. The standard InChI is InChI=1S/C25H23N7O4/c1-14-8-21(30-36-14)23-28-27-22-19-4-2-3-5-20(19)24(29-32(22)23)35-12-16-7-6-15(10-26-16)25(33)31-11-18-9-17(31)13-34-18/h2-7,10,14,17-18H,8-9,11-13H2,1H3. The van der Waals surface area contributed by atoms with Gasteiger partial charge in [-0.25, -0.2) is 0 Å². The molecule has 6 heterocycles. The molecule has 11 heteroatoms. The Hall–Kier alpha value is -4.12.